The van der Waals surface area contributed by atoms with E-state index in [0.717, 1.165) is 29.4 Å². The maximum absolute atomic E-state index is 13.4. The van der Waals surface area contributed by atoms with Crippen LogP contribution in [0.15, 0.2) is 55.0 Å². The molecule has 1 atom stereocenters. The van der Waals surface area contributed by atoms with E-state index in [9.17, 15) is 9.18 Å². The van der Waals surface area contributed by atoms with Crippen molar-refractivity contribution in [1.29, 1.82) is 0 Å². The third kappa shape index (κ3) is 4.70. The number of fused-ring (bicyclic) bond motifs is 2. The summed E-state index contributed by atoms with van der Waals surface area (Å²) in [6.07, 6.45) is 7.78. The molecular formula is C27H22ClFN4O4. The Labute approximate surface area is 216 Å². The van der Waals surface area contributed by atoms with Crippen molar-refractivity contribution < 1.29 is 23.4 Å². The number of hydrogen-bond acceptors (Lipinski definition) is 6. The molecule has 0 aliphatic carbocycles. The molecule has 4 aromatic rings. The van der Waals surface area contributed by atoms with Gasteiger partial charge in [0.2, 0.25) is 18.6 Å². The lowest BCUT2D eigenvalue weighted by molar-refractivity contribution is -0.128. The molecule has 1 fully saturated rings. The van der Waals surface area contributed by atoms with E-state index >= 15 is 0 Å². The molecule has 0 bridgehead atoms. The number of amides is 1. The Kier molecular flexibility index (Phi) is 6.13. The van der Waals surface area contributed by atoms with Gasteiger partial charge in [0.25, 0.3) is 0 Å². The Morgan fingerprint density at radius 3 is 2.97 bits per heavy atom. The van der Waals surface area contributed by atoms with Crippen LogP contribution in [0.2, 0.25) is 5.02 Å². The van der Waals surface area contributed by atoms with Gasteiger partial charge in [0.05, 0.1) is 17.0 Å². The first-order valence-electron chi connectivity index (χ1n) is 11.9. The molecule has 1 saturated heterocycles. The van der Waals surface area contributed by atoms with Crippen LogP contribution < -0.4 is 14.2 Å². The number of aromatic nitrogens is 3. The van der Waals surface area contributed by atoms with Crippen molar-refractivity contribution in [3.8, 4) is 28.5 Å². The number of rotatable bonds is 5. The van der Waals surface area contributed by atoms with Crippen molar-refractivity contribution >= 4 is 34.6 Å². The number of likely N-dealkylation sites (tertiary alicyclic amines) is 1. The van der Waals surface area contributed by atoms with Crippen LogP contribution in [0.1, 0.15) is 18.4 Å². The highest BCUT2D eigenvalue weighted by Gasteiger charge is 2.26. The molecule has 188 valence electrons. The fourth-order valence-electron chi connectivity index (χ4n) is 4.60. The van der Waals surface area contributed by atoms with Gasteiger partial charge in [-0.2, -0.15) is 0 Å². The number of nitrogens with one attached hydrogen (secondary N) is 1. The van der Waals surface area contributed by atoms with E-state index in [2.05, 4.69) is 15.0 Å². The van der Waals surface area contributed by atoms with E-state index in [1.165, 1.54) is 24.5 Å². The van der Waals surface area contributed by atoms with Gasteiger partial charge < -0.3 is 24.1 Å². The minimum absolute atomic E-state index is 0.0158. The molecule has 0 unspecified atom stereocenters. The maximum atomic E-state index is 13.4. The number of nitrogens with zero attached hydrogens (tertiary/aromatic N) is 3. The number of halogens is 2. The van der Waals surface area contributed by atoms with Gasteiger partial charge in [-0.05, 0) is 54.3 Å². The number of benzene rings is 2. The zero-order valence-electron chi connectivity index (χ0n) is 19.6. The number of piperidine rings is 1. The molecule has 1 amide bonds. The lowest BCUT2D eigenvalue weighted by atomic mass is 10.1. The highest BCUT2D eigenvalue weighted by Crippen LogP contribution is 2.39. The molecule has 4 heterocycles. The number of H-pyrrole nitrogens is 1. The highest BCUT2D eigenvalue weighted by molar-refractivity contribution is 6.30. The fraction of sp³-hybridized carbons (Fsp3) is 0.222. The molecule has 10 heteroatoms. The van der Waals surface area contributed by atoms with Crippen LogP contribution in [0.5, 0.6) is 17.4 Å². The van der Waals surface area contributed by atoms with E-state index in [1.807, 2.05) is 24.4 Å². The van der Waals surface area contributed by atoms with Crippen LogP contribution in [-0.4, -0.2) is 51.7 Å². The second-order valence-electron chi connectivity index (χ2n) is 8.85. The Hall–Kier alpha value is -4.11. The molecule has 2 aromatic carbocycles. The highest BCUT2D eigenvalue weighted by atomic mass is 35.5. The van der Waals surface area contributed by atoms with Gasteiger partial charge in [0, 0.05) is 24.4 Å². The molecule has 0 radical (unpaired) electrons. The number of ether oxygens (including phenoxy) is 3. The molecule has 6 rings (SSSR count). The second kappa shape index (κ2) is 9.74. The summed E-state index contributed by atoms with van der Waals surface area (Å²) < 4.78 is 30.7. The van der Waals surface area contributed by atoms with Gasteiger partial charge in [0.15, 0.2) is 11.5 Å². The Balaban J connectivity index is 1.20. The van der Waals surface area contributed by atoms with Gasteiger partial charge in [-0.15, -0.1) is 0 Å². The van der Waals surface area contributed by atoms with Crippen molar-refractivity contribution in [2.45, 2.75) is 18.9 Å². The van der Waals surface area contributed by atoms with Gasteiger partial charge in [0.1, 0.15) is 23.9 Å². The molecule has 0 saturated carbocycles. The standard InChI is InChI=1S/C27H22ClFN4O4/c28-20-10-16(3-6-21(20)29)4-8-24(34)33-9-1-2-18(13-33)37-27-25-19(12-30-26(25)31-14-32-27)17-5-7-22-23(11-17)36-15-35-22/h3-8,10-12,14,18H,1-2,9,13,15H2,(H,30,31,32)/b8-4+/t18-/m1/s1. The summed E-state index contributed by atoms with van der Waals surface area (Å²) in [5.74, 6) is 1.20. The number of aromatic amines is 1. The first kappa shape index (κ1) is 23.3. The quantitative estimate of drug-likeness (QED) is 0.362. The first-order chi connectivity index (χ1) is 18.0. The van der Waals surface area contributed by atoms with Gasteiger partial charge in [-0.3, -0.25) is 4.79 Å². The average molecular weight is 521 g/mol. The summed E-state index contributed by atoms with van der Waals surface area (Å²) >= 11 is 5.84. The largest absolute Gasteiger partial charge is 0.472 e. The van der Waals surface area contributed by atoms with E-state index in [0.29, 0.717) is 41.7 Å². The lowest BCUT2D eigenvalue weighted by Crippen LogP contribution is -2.43. The molecule has 8 nitrogen and oxygen atoms in total. The number of carbonyl (C=O) groups excluding carboxylic acids is 1. The van der Waals surface area contributed by atoms with Crippen LogP contribution in [0.4, 0.5) is 4.39 Å². The molecule has 2 aromatic heterocycles. The van der Waals surface area contributed by atoms with Crippen LogP contribution in [0.3, 0.4) is 0 Å². The summed E-state index contributed by atoms with van der Waals surface area (Å²) in [6.45, 7) is 1.25. The van der Waals surface area contributed by atoms with Crippen molar-refractivity contribution in [3.05, 3.63) is 71.4 Å². The topological polar surface area (TPSA) is 89.6 Å². The smallest absolute Gasteiger partial charge is 0.246 e. The normalized spacial score (nSPS) is 17.0. The van der Waals surface area contributed by atoms with Crippen molar-refractivity contribution in [2.75, 3.05) is 19.9 Å². The van der Waals surface area contributed by atoms with E-state index in [1.54, 1.807) is 17.0 Å². The zero-order chi connectivity index (χ0) is 25.4. The summed E-state index contributed by atoms with van der Waals surface area (Å²) in [5.41, 5.74) is 3.11. The van der Waals surface area contributed by atoms with Crippen LogP contribution >= 0.6 is 11.6 Å². The van der Waals surface area contributed by atoms with Gasteiger partial charge in [-0.1, -0.05) is 23.7 Å². The third-order valence-corrected chi connectivity index (χ3v) is 6.74. The molecular weight excluding hydrogens is 499 g/mol. The SMILES string of the molecule is O=C(/C=C/c1ccc(F)c(Cl)c1)N1CCC[C@@H](Oc2ncnc3[nH]cc(-c4ccc5c(c4)OCO5)c23)C1. The summed E-state index contributed by atoms with van der Waals surface area (Å²) in [7, 11) is 0. The van der Waals surface area contributed by atoms with Gasteiger partial charge in [-0.25, -0.2) is 14.4 Å². The minimum atomic E-state index is -0.496. The predicted molar refractivity (Wildman–Crippen MR) is 136 cm³/mol. The molecule has 2 aliphatic heterocycles. The monoisotopic (exact) mass is 520 g/mol. The molecule has 0 spiro atoms. The van der Waals surface area contributed by atoms with Crippen LogP contribution in [-0.2, 0) is 4.79 Å². The van der Waals surface area contributed by atoms with Gasteiger partial charge >= 0.3 is 0 Å². The Bertz CT molecular complexity index is 1520. The Morgan fingerprint density at radius 2 is 2.08 bits per heavy atom. The summed E-state index contributed by atoms with van der Waals surface area (Å²) in [4.78, 5) is 26.6. The number of carbonyl (C=O) groups is 1. The van der Waals surface area contributed by atoms with E-state index < -0.39 is 5.82 Å². The summed E-state index contributed by atoms with van der Waals surface area (Å²) in [6, 6.07) is 10.1. The van der Waals surface area contributed by atoms with Crippen molar-refractivity contribution in [3.63, 3.8) is 0 Å². The second-order valence-corrected chi connectivity index (χ2v) is 9.25. The number of hydrogen-bond donors (Lipinski definition) is 1. The third-order valence-electron chi connectivity index (χ3n) is 6.45. The molecule has 1 N–H and O–H groups in total. The van der Waals surface area contributed by atoms with Crippen LogP contribution in [0.25, 0.3) is 28.2 Å². The Morgan fingerprint density at radius 1 is 1.19 bits per heavy atom. The van der Waals surface area contributed by atoms with Crippen molar-refractivity contribution in [2.24, 2.45) is 0 Å². The maximum Gasteiger partial charge on any atom is 0.246 e. The van der Waals surface area contributed by atoms with E-state index in [4.69, 9.17) is 25.8 Å². The molecule has 2 aliphatic rings. The first-order valence-corrected chi connectivity index (χ1v) is 12.2. The lowest BCUT2D eigenvalue weighted by Gasteiger charge is -2.32. The summed E-state index contributed by atoms with van der Waals surface area (Å²) in [5, 5.41) is 0.778. The average Bonchev–Trinajstić information content (AvgIpc) is 3.56. The fourth-order valence-corrected chi connectivity index (χ4v) is 4.79. The zero-order valence-corrected chi connectivity index (χ0v) is 20.4. The molecule has 37 heavy (non-hydrogen) atoms. The van der Waals surface area contributed by atoms with Crippen LogP contribution in [0, 0.1) is 5.82 Å². The minimum Gasteiger partial charge on any atom is -0.472 e. The predicted octanol–water partition coefficient (Wildman–Crippen LogP) is 5.23. The van der Waals surface area contributed by atoms with Crippen molar-refractivity contribution in [1.82, 2.24) is 19.9 Å². The van der Waals surface area contributed by atoms with E-state index in [-0.39, 0.29) is 23.8 Å².